The number of rotatable bonds is 3. The quantitative estimate of drug-likeness (QED) is 0.947. The molecule has 0 spiro atoms. The van der Waals surface area contributed by atoms with Gasteiger partial charge in [0.2, 0.25) is 0 Å². The molecule has 0 aliphatic heterocycles. The molecule has 1 aromatic carbocycles. The molecule has 1 N–H and O–H groups in total. The van der Waals surface area contributed by atoms with E-state index in [-0.39, 0.29) is 5.41 Å². The molecule has 0 bridgehead atoms. The first kappa shape index (κ1) is 13.8. The van der Waals surface area contributed by atoms with Crippen LogP contribution >= 0.6 is 0 Å². The first-order chi connectivity index (χ1) is 10.6. The lowest BCUT2D eigenvalue weighted by atomic mass is 9.75. The van der Waals surface area contributed by atoms with Gasteiger partial charge in [0.05, 0.1) is 29.0 Å². The van der Waals surface area contributed by atoms with E-state index in [4.69, 9.17) is 5.26 Å². The van der Waals surface area contributed by atoms with Crippen molar-refractivity contribution in [1.82, 2.24) is 9.55 Å². The van der Waals surface area contributed by atoms with Crippen LogP contribution in [0.25, 0.3) is 11.0 Å². The number of hydrogen-bond donors (Lipinski definition) is 1. The second kappa shape index (κ2) is 4.82. The van der Waals surface area contributed by atoms with E-state index in [1.807, 2.05) is 24.5 Å². The lowest BCUT2D eigenvalue weighted by molar-refractivity contribution is 0.175. The van der Waals surface area contributed by atoms with Crippen LogP contribution in [0, 0.1) is 34.5 Å². The number of fused-ring (bicyclic) bond motifs is 2. The number of aromatic nitrogens is 2. The fraction of sp³-hybridized carbons (Fsp3) is 0.556. The van der Waals surface area contributed by atoms with Crippen LogP contribution in [0.3, 0.4) is 0 Å². The van der Waals surface area contributed by atoms with Gasteiger partial charge >= 0.3 is 0 Å². The third kappa shape index (κ3) is 2.12. The van der Waals surface area contributed by atoms with Gasteiger partial charge in [0.1, 0.15) is 0 Å². The Morgan fingerprint density at radius 1 is 1.45 bits per heavy atom. The zero-order valence-electron chi connectivity index (χ0n) is 12.9. The minimum absolute atomic E-state index is 0.265. The molecule has 2 aromatic rings. The summed E-state index contributed by atoms with van der Waals surface area (Å²) in [6, 6.07) is 7.89. The second-order valence-corrected chi connectivity index (χ2v) is 7.42. The van der Waals surface area contributed by atoms with Crippen molar-refractivity contribution in [2.75, 3.05) is 6.61 Å². The largest absolute Gasteiger partial charge is 0.396 e. The molecule has 2 fully saturated rings. The highest BCUT2D eigenvalue weighted by molar-refractivity contribution is 5.76. The molecule has 2 aliphatic carbocycles. The lowest BCUT2D eigenvalue weighted by Crippen LogP contribution is -2.27. The van der Waals surface area contributed by atoms with Crippen LogP contribution in [0.5, 0.6) is 0 Å². The Morgan fingerprint density at radius 3 is 3.09 bits per heavy atom. The first-order valence-electron chi connectivity index (χ1n) is 8.09. The standard InChI is InChI=1S/C18H21N3O/c1-18(5-4-13-14(7-18)15(13)9-22)10-21-11-20-16-3-2-12(8-19)6-17(16)21/h2-3,6,11,13-15,22H,4-5,7,9-10H2,1H3/t13?,14?,15-,18+/m1/s1. The number of imidazole rings is 1. The minimum atomic E-state index is 0.265. The Kier molecular flexibility index (Phi) is 3.02. The molecular weight excluding hydrogens is 274 g/mol. The molecule has 4 atom stereocenters. The topological polar surface area (TPSA) is 61.8 Å². The number of nitrogens with zero attached hydrogens (tertiary/aromatic N) is 3. The third-order valence-corrected chi connectivity index (χ3v) is 5.83. The van der Waals surface area contributed by atoms with Crippen LogP contribution in [0.4, 0.5) is 0 Å². The van der Waals surface area contributed by atoms with Crippen molar-refractivity contribution in [3.63, 3.8) is 0 Å². The monoisotopic (exact) mass is 295 g/mol. The van der Waals surface area contributed by atoms with Crippen LogP contribution in [0.1, 0.15) is 31.7 Å². The summed E-state index contributed by atoms with van der Waals surface area (Å²) < 4.78 is 2.20. The molecule has 114 valence electrons. The average Bonchev–Trinajstić information content (AvgIpc) is 3.08. The number of aliphatic hydroxyl groups is 1. The van der Waals surface area contributed by atoms with Crippen LogP contribution in [-0.2, 0) is 6.54 Å². The van der Waals surface area contributed by atoms with Gasteiger partial charge in [0.25, 0.3) is 0 Å². The molecule has 1 aromatic heterocycles. The summed E-state index contributed by atoms with van der Waals surface area (Å²) in [4.78, 5) is 4.46. The van der Waals surface area contributed by atoms with Crippen molar-refractivity contribution in [2.45, 2.75) is 32.7 Å². The van der Waals surface area contributed by atoms with Gasteiger partial charge in [-0.15, -0.1) is 0 Å². The smallest absolute Gasteiger partial charge is 0.0992 e. The van der Waals surface area contributed by atoms with E-state index in [0.717, 1.165) is 23.5 Å². The van der Waals surface area contributed by atoms with Crippen molar-refractivity contribution in [1.29, 1.82) is 5.26 Å². The summed E-state index contributed by atoms with van der Waals surface area (Å²) in [6.07, 6.45) is 5.55. The molecule has 4 heteroatoms. The van der Waals surface area contributed by atoms with E-state index in [0.29, 0.717) is 24.0 Å². The highest BCUT2D eigenvalue weighted by Gasteiger charge is 2.54. The Hall–Kier alpha value is -1.86. The first-order valence-corrected chi connectivity index (χ1v) is 8.09. The van der Waals surface area contributed by atoms with E-state index >= 15 is 0 Å². The zero-order chi connectivity index (χ0) is 15.3. The Bertz CT molecular complexity index is 755. The zero-order valence-corrected chi connectivity index (χ0v) is 12.9. The molecule has 0 radical (unpaired) electrons. The number of benzene rings is 1. The van der Waals surface area contributed by atoms with Gasteiger partial charge in [0.15, 0.2) is 0 Å². The summed E-state index contributed by atoms with van der Waals surface area (Å²) in [5.41, 5.74) is 2.96. The number of hydrogen-bond acceptors (Lipinski definition) is 3. The van der Waals surface area contributed by atoms with Gasteiger partial charge in [-0.1, -0.05) is 6.92 Å². The summed E-state index contributed by atoms with van der Waals surface area (Å²) >= 11 is 0. The summed E-state index contributed by atoms with van der Waals surface area (Å²) in [7, 11) is 0. The van der Waals surface area contributed by atoms with Crippen molar-refractivity contribution in [3.05, 3.63) is 30.1 Å². The number of aliphatic hydroxyl groups excluding tert-OH is 1. The van der Waals surface area contributed by atoms with Crippen LogP contribution < -0.4 is 0 Å². The fourth-order valence-corrected chi connectivity index (χ4v) is 4.52. The molecular formula is C18H21N3O. The van der Waals surface area contributed by atoms with Gasteiger partial charge in [0, 0.05) is 13.2 Å². The predicted octanol–water partition coefficient (Wildman–Crippen LogP) is 2.95. The van der Waals surface area contributed by atoms with Gasteiger partial charge in [-0.2, -0.15) is 5.26 Å². The van der Waals surface area contributed by atoms with Gasteiger partial charge in [-0.05, 0) is 60.6 Å². The van der Waals surface area contributed by atoms with E-state index in [2.05, 4.69) is 22.5 Å². The molecule has 2 unspecified atom stereocenters. The molecule has 4 rings (SSSR count). The van der Waals surface area contributed by atoms with Crippen molar-refractivity contribution >= 4 is 11.0 Å². The predicted molar refractivity (Wildman–Crippen MR) is 84.0 cm³/mol. The van der Waals surface area contributed by atoms with E-state index in [1.54, 1.807) is 0 Å². The molecule has 2 saturated carbocycles. The van der Waals surface area contributed by atoms with Crippen molar-refractivity contribution < 1.29 is 5.11 Å². The van der Waals surface area contributed by atoms with Gasteiger partial charge in [-0.25, -0.2) is 4.98 Å². The number of nitriles is 1. The summed E-state index contributed by atoms with van der Waals surface area (Å²) in [6.45, 7) is 3.65. The highest BCUT2D eigenvalue weighted by atomic mass is 16.3. The maximum absolute atomic E-state index is 9.42. The van der Waals surface area contributed by atoms with Crippen LogP contribution in [0.15, 0.2) is 24.5 Å². The SMILES string of the molecule is C[C@]1(Cn2cnc3ccc(C#N)cc32)CCC2C(C1)[C@@H]2CO. The molecule has 4 nitrogen and oxygen atoms in total. The average molecular weight is 295 g/mol. The van der Waals surface area contributed by atoms with Crippen molar-refractivity contribution in [3.8, 4) is 6.07 Å². The van der Waals surface area contributed by atoms with Gasteiger partial charge < -0.3 is 9.67 Å². The van der Waals surface area contributed by atoms with Gasteiger partial charge in [-0.3, -0.25) is 0 Å². The van der Waals surface area contributed by atoms with Crippen LogP contribution in [-0.4, -0.2) is 21.3 Å². The van der Waals surface area contributed by atoms with E-state index in [1.165, 1.54) is 19.3 Å². The van der Waals surface area contributed by atoms with Crippen LogP contribution in [0.2, 0.25) is 0 Å². The maximum atomic E-state index is 9.42. The highest BCUT2D eigenvalue weighted by Crippen LogP contribution is 2.60. The molecule has 0 amide bonds. The second-order valence-electron chi connectivity index (χ2n) is 7.42. The molecule has 2 aliphatic rings. The van der Waals surface area contributed by atoms with E-state index in [9.17, 15) is 5.11 Å². The normalized spacial score (nSPS) is 33.4. The third-order valence-electron chi connectivity index (χ3n) is 5.83. The summed E-state index contributed by atoms with van der Waals surface area (Å²) in [5, 5.41) is 18.5. The van der Waals surface area contributed by atoms with E-state index < -0.39 is 0 Å². The Morgan fingerprint density at radius 2 is 2.32 bits per heavy atom. The maximum Gasteiger partial charge on any atom is 0.0992 e. The summed E-state index contributed by atoms with van der Waals surface area (Å²) in [5.74, 6) is 2.03. The Labute approximate surface area is 130 Å². The minimum Gasteiger partial charge on any atom is -0.396 e. The molecule has 0 saturated heterocycles. The molecule has 22 heavy (non-hydrogen) atoms. The molecule has 1 heterocycles. The fourth-order valence-electron chi connectivity index (χ4n) is 4.52. The lowest BCUT2D eigenvalue weighted by Gasteiger charge is -2.33. The Balaban J connectivity index is 1.59. The van der Waals surface area contributed by atoms with Crippen molar-refractivity contribution in [2.24, 2.45) is 23.2 Å².